The fourth-order valence-corrected chi connectivity index (χ4v) is 5.11. The highest BCUT2D eigenvalue weighted by Crippen LogP contribution is 2.37. The average molecular weight is 449 g/mol. The Bertz CT molecular complexity index is 1040. The molecule has 5 nitrogen and oxygen atoms in total. The predicted molar refractivity (Wildman–Crippen MR) is 127 cm³/mol. The lowest BCUT2D eigenvalue weighted by atomic mass is 9.93. The number of amides is 2. The first-order valence-corrected chi connectivity index (χ1v) is 11.8. The van der Waals surface area contributed by atoms with Gasteiger partial charge in [0.25, 0.3) is 0 Å². The van der Waals surface area contributed by atoms with E-state index in [4.69, 9.17) is 4.74 Å². The molecule has 0 saturated carbocycles. The number of thiophene rings is 1. The molecule has 6 heteroatoms. The summed E-state index contributed by atoms with van der Waals surface area (Å²) >= 11 is 1.75. The van der Waals surface area contributed by atoms with Gasteiger partial charge in [0.2, 0.25) is 11.8 Å². The van der Waals surface area contributed by atoms with Crippen LogP contribution in [-0.2, 0) is 27.2 Å². The highest BCUT2D eigenvalue weighted by molar-refractivity contribution is 7.10. The van der Waals surface area contributed by atoms with Gasteiger partial charge in [0.1, 0.15) is 0 Å². The number of ether oxygens (including phenoxy) is 1. The third kappa shape index (κ3) is 5.09. The van der Waals surface area contributed by atoms with Crippen LogP contribution in [0.25, 0.3) is 0 Å². The first-order valence-electron chi connectivity index (χ1n) is 10.9. The molecule has 32 heavy (non-hydrogen) atoms. The van der Waals surface area contributed by atoms with Crippen molar-refractivity contribution in [3.63, 3.8) is 0 Å². The van der Waals surface area contributed by atoms with Crippen LogP contribution in [0, 0.1) is 0 Å². The second kappa shape index (κ2) is 10.6. The molecule has 3 aromatic rings. The number of methoxy groups -OCH3 is 1. The normalized spacial score (nSPS) is 15.3. The van der Waals surface area contributed by atoms with Crippen molar-refractivity contribution in [2.24, 2.45) is 0 Å². The van der Waals surface area contributed by atoms with Gasteiger partial charge in [-0.3, -0.25) is 9.59 Å². The lowest BCUT2D eigenvalue weighted by molar-refractivity contribution is -0.141. The number of nitrogens with zero attached hydrogens (tertiary/aromatic N) is 2. The van der Waals surface area contributed by atoms with Crippen molar-refractivity contribution in [2.75, 3.05) is 33.4 Å². The number of carbonyl (C=O) groups is 2. The zero-order chi connectivity index (χ0) is 22.3. The maximum Gasteiger partial charge on any atom is 0.242 e. The molecule has 1 aromatic heterocycles. The monoisotopic (exact) mass is 448 g/mol. The molecule has 0 aliphatic carbocycles. The SMILES string of the molecule is COCCN(CC(=O)N1CCc2sccc2C1c1ccccc1)C(=O)Cc1ccccc1. The number of benzene rings is 2. The summed E-state index contributed by atoms with van der Waals surface area (Å²) < 4.78 is 5.21. The van der Waals surface area contributed by atoms with Gasteiger partial charge < -0.3 is 14.5 Å². The molecule has 2 aromatic carbocycles. The summed E-state index contributed by atoms with van der Waals surface area (Å²) in [5.41, 5.74) is 3.23. The van der Waals surface area contributed by atoms with Crippen LogP contribution in [0.5, 0.6) is 0 Å². The molecule has 1 unspecified atom stereocenters. The van der Waals surface area contributed by atoms with Gasteiger partial charge in [-0.2, -0.15) is 0 Å². The standard InChI is InChI=1S/C26H28N2O3S/c1-31-16-15-27(24(29)18-20-8-4-2-5-9-20)19-25(30)28-14-12-23-22(13-17-32-23)26(28)21-10-6-3-7-11-21/h2-11,13,17,26H,12,14-16,18-19H2,1H3. The maximum absolute atomic E-state index is 13.5. The predicted octanol–water partition coefficient (Wildman–Crippen LogP) is 3.94. The van der Waals surface area contributed by atoms with Crippen molar-refractivity contribution in [2.45, 2.75) is 18.9 Å². The Morgan fingerprint density at radius 1 is 1.06 bits per heavy atom. The molecule has 166 valence electrons. The maximum atomic E-state index is 13.5. The highest BCUT2D eigenvalue weighted by Gasteiger charge is 2.33. The van der Waals surface area contributed by atoms with Crippen molar-refractivity contribution < 1.29 is 14.3 Å². The smallest absolute Gasteiger partial charge is 0.242 e. The quantitative estimate of drug-likeness (QED) is 0.525. The third-order valence-corrected chi connectivity index (χ3v) is 6.84. The first kappa shape index (κ1) is 22.2. The summed E-state index contributed by atoms with van der Waals surface area (Å²) in [6.07, 6.45) is 1.12. The van der Waals surface area contributed by atoms with E-state index in [1.807, 2.05) is 53.4 Å². The van der Waals surface area contributed by atoms with E-state index in [9.17, 15) is 9.59 Å². The van der Waals surface area contributed by atoms with Crippen molar-refractivity contribution in [1.29, 1.82) is 0 Å². The summed E-state index contributed by atoms with van der Waals surface area (Å²) in [7, 11) is 1.61. The van der Waals surface area contributed by atoms with Crippen molar-refractivity contribution in [1.82, 2.24) is 9.80 Å². The van der Waals surface area contributed by atoms with Gasteiger partial charge in [-0.25, -0.2) is 0 Å². The zero-order valence-electron chi connectivity index (χ0n) is 18.3. The van der Waals surface area contributed by atoms with Crippen LogP contribution < -0.4 is 0 Å². The largest absolute Gasteiger partial charge is 0.383 e. The lowest BCUT2D eigenvalue weighted by Gasteiger charge is -2.37. The van der Waals surface area contributed by atoms with Crippen molar-refractivity contribution in [3.05, 3.63) is 93.7 Å². The van der Waals surface area contributed by atoms with Crippen LogP contribution in [0.4, 0.5) is 0 Å². The molecule has 0 spiro atoms. The molecule has 1 aliphatic rings. The highest BCUT2D eigenvalue weighted by atomic mass is 32.1. The number of hydrogen-bond donors (Lipinski definition) is 0. The molecule has 4 rings (SSSR count). The van der Waals surface area contributed by atoms with E-state index in [1.54, 1.807) is 23.3 Å². The minimum atomic E-state index is -0.118. The molecule has 0 bridgehead atoms. The average Bonchev–Trinajstić information content (AvgIpc) is 3.31. The van der Waals surface area contributed by atoms with Crippen LogP contribution in [-0.4, -0.2) is 55.0 Å². The lowest BCUT2D eigenvalue weighted by Crippen LogP contribution is -2.47. The Balaban J connectivity index is 1.54. The summed E-state index contributed by atoms with van der Waals surface area (Å²) in [5.74, 6) is -0.0979. The van der Waals surface area contributed by atoms with Gasteiger partial charge in [0, 0.05) is 25.1 Å². The Hall–Kier alpha value is -2.96. The van der Waals surface area contributed by atoms with Crippen LogP contribution >= 0.6 is 11.3 Å². The summed E-state index contributed by atoms with van der Waals surface area (Å²) in [6.45, 7) is 1.49. The van der Waals surface area contributed by atoms with Gasteiger partial charge in [0.05, 0.1) is 25.6 Å². The first-order chi connectivity index (χ1) is 15.7. The minimum absolute atomic E-state index is 0.0341. The van der Waals surface area contributed by atoms with Crippen molar-refractivity contribution in [3.8, 4) is 0 Å². The molecule has 0 radical (unpaired) electrons. The number of carbonyl (C=O) groups excluding carboxylic acids is 2. The van der Waals surface area contributed by atoms with E-state index >= 15 is 0 Å². The van der Waals surface area contributed by atoms with Crippen LogP contribution in [0.2, 0.25) is 0 Å². The van der Waals surface area contributed by atoms with E-state index in [0.717, 1.165) is 17.5 Å². The second-order valence-corrected chi connectivity index (χ2v) is 8.92. The Morgan fingerprint density at radius 2 is 1.78 bits per heavy atom. The summed E-state index contributed by atoms with van der Waals surface area (Å²) in [5, 5.41) is 2.10. The van der Waals surface area contributed by atoms with Gasteiger partial charge in [-0.05, 0) is 34.6 Å². The van der Waals surface area contributed by atoms with E-state index in [1.165, 1.54) is 10.4 Å². The molecular weight excluding hydrogens is 420 g/mol. The fourth-order valence-electron chi connectivity index (χ4n) is 4.21. The Kier molecular flexibility index (Phi) is 7.35. The molecule has 2 amide bonds. The topological polar surface area (TPSA) is 49.9 Å². The molecule has 1 atom stereocenters. The zero-order valence-corrected chi connectivity index (χ0v) is 19.1. The van der Waals surface area contributed by atoms with Gasteiger partial charge in [0.15, 0.2) is 0 Å². The molecule has 1 aliphatic heterocycles. The third-order valence-electron chi connectivity index (χ3n) is 5.84. The molecule has 0 N–H and O–H groups in total. The minimum Gasteiger partial charge on any atom is -0.383 e. The van der Waals surface area contributed by atoms with Crippen LogP contribution in [0.1, 0.15) is 27.6 Å². The Labute approximate surface area is 193 Å². The number of fused-ring (bicyclic) bond motifs is 1. The molecule has 2 heterocycles. The molecule has 0 fully saturated rings. The summed E-state index contributed by atoms with van der Waals surface area (Å²) in [6, 6.07) is 21.8. The fraction of sp³-hybridized carbons (Fsp3) is 0.308. The number of rotatable bonds is 8. The second-order valence-electron chi connectivity index (χ2n) is 7.92. The van der Waals surface area contributed by atoms with Crippen molar-refractivity contribution >= 4 is 23.2 Å². The van der Waals surface area contributed by atoms with Gasteiger partial charge in [-0.1, -0.05) is 60.7 Å². The van der Waals surface area contributed by atoms with Crippen LogP contribution in [0.15, 0.2) is 72.1 Å². The van der Waals surface area contributed by atoms with E-state index in [0.29, 0.717) is 19.7 Å². The van der Waals surface area contributed by atoms with E-state index in [-0.39, 0.29) is 30.8 Å². The van der Waals surface area contributed by atoms with Crippen LogP contribution in [0.3, 0.4) is 0 Å². The van der Waals surface area contributed by atoms with Gasteiger partial charge in [-0.15, -0.1) is 11.3 Å². The van der Waals surface area contributed by atoms with E-state index in [2.05, 4.69) is 23.6 Å². The molecular formula is C26H28N2O3S. The molecule has 0 saturated heterocycles. The Morgan fingerprint density at radius 3 is 2.50 bits per heavy atom. The number of hydrogen-bond acceptors (Lipinski definition) is 4. The van der Waals surface area contributed by atoms with Gasteiger partial charge >= 0.3 is 0 Å². The van der Waals surface area contributed by atoms with E-state index < -0.39 is 0 Å². The summed E-state index contributed by atoms with van der Waals surface area (Å²) in [4.78, 5) is 31.5.